The topological polar surface area (TPSA) is 81.4 Å². The van der Waals surface area contributed by atoms with E-state index in [0.717, 1.165) is 24.8 Å². The van der Waals surface area contributed by atoms with Gasteiger partial charge >= 0.3 is 0 Å². The largest absolute Gasteiger partial charge is 0.496 e. The molecule has 2 atom stereocenters. The minimum atomic E-state index is -0.0515. The second kappa shape index (κ2) is 8.89. The molecule has 1 aliphatic carbocycles. The standard InChI is InChI=1S/C17H24N2O3.ClH/c1-11(20)12-6-7-16(22-2)14(8-12)9-17(21)19-15-5-3-4-13(15)10-18;/h6-8,13,15H,3-5,9-10,18H2,1-2H3,(H,19,21);1H. The molecular weight excluding hydrogens is 316 g/mol. The maximum Gasteiger partial charge on any atom is 0.224 e. The first-order valence-corrected chi connectivity index (χ1v) is 7.72. The molecule has 1 saturated carbocycles. The van der Waals surface area contributed by atoms with E-state index in [-0.39, 0.29) is 36.6 Å². The van der Waals surface area contributed by atoms with Crippen LogP contribution in [0.15, 0.2) is 18.2 Å². The molecular formula is C17H25ClN2O3. The Morgan fingerprint density at radius 2 is 2.09 bits per heavy atom. The van der Waals surface area contributed by atoms with E-state index in [1.165, 1.54) is 6.92 Å². The van der Waals surface area contributed by atoms with Gasteiger partial charge in [0.05, 0.1) is 13.5 Å². The van der Waals surface area contributed by atoms with Gasteiger partial charge in [0.15, 0.2) is 5.78 Å². The number of amides is 1. The van der Waals surface area contributed by atoms with Crippen LogP contribution in [-0.2, 0) is 11.2 Å². The van der Waals surface area contributed by atoms with Crippen LogP contribution >= 0.6 is 12.4 Å². The average Bonchev–Trinajstić information content (AvgIpc) is 2.94. The number of benzene rings is 1. The quantitative estimate of drug-likeness (QED) is 0.777. The summed E-state index contributed by atoms with van der Waals surface area (Å²) < 4.78 is 5.28. The van der Waals surface area contributed by atoms with Crippen molar-refractivity contribution >= 4 is 24.1 Å². The van der Waals surface area contributed by atoms with Crippen molar-refractivity contribution in [2.24, 2.45) is 11.7 Å². The van der Waals surface area contributed by atoms with Crippen LogP contribution in [0.2, 0.25) is 0 Å². The molecule has 2 rings (SSSR count). The van der Waals surface area contributed by atoms with Crippen LogP contribution in [0.5, 0.6) is 5.75 Å². The Morgan fingerprint density at radius 3 is 2.70 bits per heavy atom. The summed E-state index contributed by atoms with van der Waals surface area (Å²) in [4.78, 5) is 23.8. The number of methoxy groups -OCH3 is 1. The third-order valence-corrected chi connectivity index (χ3v) is 4.35. The van der Waals surface area contributed by atoms with Crippen molar-refractivity contribution in [2.75, 3.05) is 13.7 Å². The molecule has 6 heteroatoms. The third-order valence-electron chi connectivity index (χ3n) is 4.35. The van der Waals surface area contributed by atoms with Crippen molar-refractivity contribution in [3.05, 3.63) is 29.3 Å². The summed E-state index contributed by atoms with van der Waals surface area (Å²) in [6.07, 6.45) is 3.37. The molecule has 0 saturated heterocycles. The molecule has 3 N–H and O–H groups in total. The number of Topliss-reactive ketones (excluding diaryl/α,β-unsaturated/α-hetero) is 1. The van der Waals surface area contributed by atoms with Crippen LogP contribution in [0.25, 0.3) is 0 Å². The van der Waals surface area contributed by atoms with Crippen LogP contribution in [0.3, 0.4) is 0 Å². The van der Waals surface area contributed by atoms with Crippen molar-refractivity contribution in [1.29, 1.82) is 0 Å². The van der Waals surface area contributed by atoms with Gasteiger partial charge in [-0.25, -0.2) is 0 Å². The molecule has 1 amide bonds. The minimum absolute atomic E-state index is 0. The number of hydrogen-bond acceptors (Lipinski definition) is 4. The van der Waals surface area contributed by atoms with Gasteiger partial charge in [0.1, 0.15) is 5.75 Å². The highest BCUT2D eigenvalue weighted by molar-refractivity contribution is 5.94. The Labute approximate surface area is 143 Å². The summed E-state index contributed by atoms with van der Waals surface area (Å²) in [5, 5.41) is 3.07. The Hall–Kier alpha value is -1.59. The molecule has 1 aromatic rings. The van der Waals surface area contributed by atoms with Gasteiger partial charge in [0.25, 0.3) is 0 Å². The second-order valence-corrected chi connectivity index (χ2v) is 5.86. The molecule has 0 spiro atoms. The number of carbonyl (C=O) groups is 2. The number of hydrogen-bond donors (Lipinski definition) is 2. The Morgan fingerprint density at radius 1 is 1.35 bits per heavy atom. The van der Waals surface area contributed by atoms with E-state index >= 15 is 0 Å². The lowest BCUT2D eigenvalue weighted by atomic mass is 10.0. The highest BCUT2D eigenvalue weighted by Gasteiger charge is 2.27. The summed E-state index contributed by atoms with van der Waals surface area (Å²) in [7, 11) is 1.56. The molecule has 0 aromatic heterocycles. The molecule has 128 valence electrons. The predicted octanol–water partition coefficient (Wildman–Crippen LogP) is 2.11. The highest BCUT2D eigenvalue weighted by Crippen LogP contribution is 2.25. The monoisotopic (exact) mass is 340 g/mol. The minimum Gasteiger partial charge on any atom is -0.496 e. The zero-order valence-corrected chi connectivity index (χ0v) is 14.4. The number of nitrogens with two attached hydrogens (primary N) is 1. The smallest absolute Gasteiger partial charge is 0.224 e. The predicted molar refractivity (Wildman–Crippen MR) is 92.3 cm³/mol. The molecule has 1 fully saturated rings. The van der Waals surface area contributed by atoms with E-state index in [4.69, 9.17) is 10.5 Å². The molecule has 0 bridgehead atoms. The zero-order chi connectivity index (χ0) is 16.1. The average molecular weight is 341 g/mol. The van der Waals surface area contributed by atoms with Crippen LogP contribution in [0.4, 0.5) is 0 Å². The fourth-order valence-electron chi connectivity index (χ4n) is 3.08. The van der Waals surface area contributed by atoms with Crippen molar-refractivity contribution in [3.63, 3.8) is 0 Å². The van der Waals surface area contributed by atoms with E-state index < -0.39 is 0 Å². The fourth-order valence-corrected chi connectivity index (χ4v) is 3.08. The number of rotatable bonds is 6. The summed E-state index contributed by atoms with van der Waals surface area (Å²) >= 11 is 0. The van der Waals surface area contributed by atoms with Crippen LogP contribution in [-0.4, -0.2) is 31.4 Å². The SMILES string of the molecule is COc1ccc(C(C)=O)cc1CC(=O)NC1CCCC1CN.Cl. The fraction of sp³-hybridized carbons (Fsp3) is 0.529. The van der Waals surface area contributed by atoms with Gasteiger partial charge in [-0.15, -0.1) is 12.4 Å². The van der Waals surface area contributed by atoms with E-state index in [1.807, 2.05) is 0 Å². The highest BCUT2D eigenvalue weighted by atomic mass is 35.5. The first kappa shape index (κ1) is 19.5. The van der Waals surface area contributed by atoms with Gasteiger partial charge in [-0.2, -0.15) is 0 Å². The first-order chi connectivity index (χ1) is 10.5. The van der Waals surface area contributed by atoms with Gasteiger partial charge in [0.2, 0.25) is 5.91 Å². The maximum atomic E-state index is 12.3. The first-order valence-electron chi connectivity index (χ1n) is 7.72. The molecule has 0 heterocycles. The van der Waals surface area contributed by atoms with E-state index in [2.05, 4.69) is 5.32 Å². The Kier molecular flexibility index (Phi) is 7.52. The summed E-state index contributed by atoms with van der Waals surface area (Å²) in [6, 6.07) is 5.34. The maximum absolute atomic E-state index is 12.3. The van der Waals surface area contributed by atoms with Crippen LogP contribution in [0.1, 0.15) is 42.1 Å². The lowest BCUT2D eigenvalue weighted by molar-refractivity contribution is -0.121. The van der Waals surface area contributed by atoms with Crippen molar-refractivity contribution in [1.82, 2.24) is 5.32 Å². The van der Waals surface area contributed by atoms with Crippen LogP contribution in [0, 0.1) is 5.92 Å². The van der Waals surface area contributed by atoms with Gasteiger partial charge in [-0.1, -0.05) is 6.42 Å². The van der Waals surface area contributed by atoms with E-state index in [1.54, 1.807) is 25.3 Å². The lowest BCUT2D eigenvalue weighted by Crippen LogP contribution is -2.40. The van der Waals surface area contributed by atoms with E-state index in [0.29, 0.717) is 23.8 Å². The van der Waals surface area contributed by atoms with Gasteiger partial charge in [-0.3, -0.25) is 9.59 Å². The molecule has 5 nitrogen and oxygen atoms in total. The number of ketones is 1. The number of carbonyl (C=O) groups excluding carboxylic acids is 2. The Balaban J connectivity index is 0.00000264. The normalized spacial score (nSPS) is 19.8. The van der Waals surface area contributed by atoms with Gasteiger partial charge in [0, 0.05) is 17.2 Å². The van der Waals surface area contributed by atoms with Crippen LogP contribution < -0.4 is 15.8 Å². The molecule has 1 aromatic carbocycles. The lowest BCUT2D eigenvalue weighted by Gasteiger charge is -2.20. The number of ether oxygens (including phenoxy) is 1. The van der Waals surface area contributed by atoms with Gasteiger partial charge in [-0.05, 0) is 50.4 Å². The van der Waals surface area contributed by atoms with Gasteiger partial charge < -0.3 is 15.8 Å². The zero-order valence-electron chi connectivity index (χ0n) is 13.6. The molecule has 2 unspecified atom stereocenters. The molecule has 23 heavy (non-hydrogen) atoms. The summed E-state index contributed by atoms with van der Waals surface area (Å²) in [5.41, 5.74) is 7.06. The molecule has 1 aliphatic rings. The third kappa shape index (κ3) is 4.94. The van der Waals surface area contributed by atoms with E-state index in [9.17, 15) is 9.59 Å². The van der Waals surface area contributed by atoms with Crippen molar-refractivity contribution in [3.8, 4) is 5.75 Å². The summed E-state index contributed by atoms with van der Waals surface area (Å²) in [5.74, 6) is 0.920. The second-order valence-electron chi connectivity index (χ2n) is 5.86. The van der Waals surface area contributed by atoms with Crippen molar-refractivity contribution in [2.45, 2.75) is 38.6 Å². The molecule has 0 radical (unpaired) electrons. The number of nitrogens with one attached hydrogen (secondary N) is 1. The van der Waals surface area contributed by atoms with Crippen molar-refractivity contribution < 1.29 is 14.3 Å². The Bertz CT molecular complexity index is 563. The summed E-state index contributed by atoms with van der Waals surface area (Å²) in [6.45, 7) is 2.12. The number of halogens is 1. The molecule has 0 aliphatic heterocycles.